The van der Waals surface area contributed by atoms with E-state index in [9.17, 15) is 14.7 Å². The minimum Gasteiger partial charge on any atom is -0.454 e. The van der Waals surface area contributed by atoms with E-state index in [1.54, 1.807) is 13.1 Å². The Bertz CT molecular complexity index is 931. The Balaban J connectivity index is 1.27. The number of aromatic nitrogens is 1. The summed E-state index contributed by atoms with van der Waals surface area (Å²) in [5.41, 5.74) is 0.723. The van der Waals surface area contributed by atoms with Gasteiger partial charge in [0, 0.05) is 22.7 Å². The molecule has 4 bridgehead atoms. The van der Waals surface area contributed by atoms with E-state index in [1.165, 1.54) is 6.42 Å². The lowest BCUT2D eigenvalue weighted by Gasteiger charge is -2.60. The molecule has 4 saturated carbocycles. The van der Waals surface area contributed by atoms with Crippen molar-refractivity contribution in [1.29, 1.82) is 0 Å². The van der Waals surface area contributed by atoms with Crippen LogP contribution in [0.4, 0.5) is 0 Å². The second-order valence-corrected chi connectivity index (χ2v) is 9.61. The van der Waals surface area contributed by atoms with Crippen LogP contribution in [0.2, 0.25) is 0 Å². The molecule has 5 nitrogen and oxygen atoms in total. The molecule has 2 aromatic rings. The molecule has 0 saturated heterocycles. The molecule has 3 atom stereocenters. The van der Waals surface area contributed by atoms with Crippen LogP contribution >= 0.6 is 0 Å². The summed E-state index contributed by atoms with van der Waals surface area (Å²) in [5.74, 6) is 0.565. The third kappa shape index (κ3) is 2.96. The number of ether oxygens (including phenoxy) is 1. The van der Waals surface area contributed by atoms with Crippen molar-refractivity contribution >= 4 is 22.7 Å². The van der Waals surface area contributed by atoms with Crippen LogP contribution < -0.4 is 0 Å². The van der Waals surface area contributed by atoms with Gasteiger partial charge in [-0.25, -0.2) is 0 Å². The highest BCUT2D eigenvalue weighted by atomic mass is 16.5. The Morgan fingerprint density at radius 2 is 1.93 bits per heavy atom. The summed E-state index contributed by atoms with van der Waals surface area (Å²) in [4.78, 5) is 28.6. The molecule has 4 aliphatic rings. The van der Waals surface area contributed by atoms with E-state index in [1.807, 2.05) is 24.3 Å². The fourth-order valence-electron chi connectivity index (χ4n) is 6.70. The lowest BCUT2D eigenvalue weighted by molar-refractivity contribution is -0.178. The van der Waals surface area contributed by atoms with E-state index in [0.717, 1.165) is 36.6 Å². The van der Waals surface area contributed by atoms with Crippen molar-refractivity contribution in [2.24, 2.45) is 17.3 Å². The molecule has 0 spiro atoms. The van der Waals surface area contributed by atoms with Crippen molar-refractivity contribution in [3.05, 3.63) is 36.0 Å². The number of esters is 1. The fourth-order valence-corrected chi connectivity index (χ4v) is 6.70. The molecule has 4 fully saturated rings. The summed E-state index contributed by atoms with van der Waals surface area (Å²) in [6.45, 7) is 1.65. The van der Waals surface area contributed by atoms with Gasteiger partial charge < -0.3 is 14.8 Å². The molecule has 1 heterocycles. The molecular formula is C23H27NO4. The van der Waals surface area contributed by atoms with Crippen LogP contribution in [0.25, 0.3) is 10.9 Å². The van der Waals surface area contributed by atoms with Gasteiger partial charge in [0.05, 0.1) is 12.0 Å². The number of rotatable bonds is 5. The summed E-state index contributed by atoms with van der Waals surface area (Å²) in [6.07, 6.45) is 6.85. The summed E-state index contributed by atoms with van der Waals surface area (Å²) in [6, 6.07) is 7.61. The lowest BCUT2D eigenvalue weighted by Crippen LogP contribution is -2.56. The van der Waals surface area contributed by atoms with Crippen molar-refractivity contribution < 1.29 is 19.4 Å². The quantitative estimate of drug-likeness (QED) is 0.606. The minimum absolute atomic E-state index is 0.139. The van der Waals surface area contributed by atoms with Crippen molar-refractivity contribution in [1.82, 2.24) is 4.98 Å². The number of carbonyl (C=O) groups is 2. The van der Waals surface area contributed by atoms with E-state index in [0.29, 0.717) is 30.2 Å². The first-order valence-electron chi connectivity index (χ1n) is 10.4. The first kappa shape index (κ1) is 17.9. The molecule has 148 valence electrons. The maximum Gasteiger partial charge on any atom is 0.307 e. The molecule has 3 unspecified atom stereocenters. The van der Waals surface area contributed by atoms with Gasteiger partial charge in [0.15, 0.2) is 6.10 Å². The van der Waals surface area contributed by atoms with Crippen LogP contribution in [0.5, 0.6) is 0 Å². The minimum atomic E-state index is -0.816. The summed E-state index contributed by atoms with van der Waals surface area (Å²) >= 11 is 0. The lowest BCUT2D eigenvalue weighted by atomic mass is 9.47. The summed E-state index contributed by atoms with van der Waals surface area (Å²) in [7, 11) is 0. The number of aliphatic hydroxyl groups is 1. The average molecular weight is 381 g/mol. The number of hydrogen-bond acceptors (Lipinski definition) is 4. The number of para-hydroxylation sites is 1. The molecule has 28 heavy (non-hydrogen) atoms. The van der Waals surface area contributed by atoms with Gasteiger partial charge in [-0.3, -0.25) is 9.59 Å². The predicted octanol–water partition coefficient (Wildman–Crippen LogP) is 4.00. The SMILES string of the molecule is CC(OC(=O)CC12CC3CC(CC(O)(C3)C1)C2)C(=O)c1c[nH]c2ccccc12. The van der Waals surface area contributed by atoms with Crippen LogP contribution in [-0.2, 0) is 9.53 Å². The number of H-pyrrole nitrogens is 1. The number of ketones is 1. The third-order valence-electron chi connectivity index (χ3n) is 7.20. The number of fused-ring (bicyclic) bond motifs is 1. The number of Topliss-reactive ketones (excluding diaryl/α,β-unsaturated/α-hetero) is 1. The van der Waals surface area contributed by atoms with Gasteiger partial charge in [0.1, 0.15) is 0 Å². The van der Waals surface area contributed by atoms with Crippen LogP contribution in [0.15, 0.2) is 30.5 Å². The second-order valence-electron chi connectivity index (χ2n) is 9.61. The van der Waals surface area contributed by atoms with Crippen molar-refractivity contribution in [3.63, 3.8) is 0 Å². The van der Waals surface area contributed by atoms with Crippen LogP contribution in [0, 0.1) is 17.3 Å². The highest BCUT2D eigenvalue weighted by Gasteiger charge is 2.57. The maximum absolute atomic E-state index is 12.8. The first-order valence-corrected chi connectivity index (χ1v) is 10.4. The molecule has 1 aromatic heterocycles. The number of benzene rings is 1. The van der Waals surface area contributed by atoms with E-state index in [4.69, 9.17) is 4.74 Å². The molecule has 2 N–H and O–H groups in total. The molecule has 0 amide bonds. The second kappa shape index (κ2) is 6.18. The van der Waals surface area contributed by atoms with Gasteiger partial charge in [-0.1, -0.05) is 18.2 Å². The molecule has 6 rings (SSSR count). The van der Waals surface area contributed by atoms with Gasteiger partial charge in [0.25, 0.3) is 0 Å². The standard InChI is InChI=1S/C23H27NO4/c1-14(21(26)18-12-24-19-5-3-2-4-17(18)19)28-20(25)11-22-7-15-6-16(8-22)10-23(27,9-15)13-22/h2-5,12,14-16,24,27H,6-11,13H2,1H3. The Morgan fingerprint density at radius 1 is 1.21 bits per heavy atom. The van der Waals surface area contributed by atoms with Crippen LogP contribution in [0.1, 0.15) is 62.2 Å². The number of aromatic amines is 1. The number of carbonyl (C=O) groups excluding carboxylic acids is 2. The maximum atomic E-state index is 12.8. The Hall–Kier alpha value is -2.14. The molecule has 5 heteroatoms. The Kier molecular flexibility index (Phi) is 3.96. The van der Waals surface area contributed by atoms with E-state index in [-0.39, 0.29) is 17.2 Å². The Morgan fingerprint density at radius 3 is 2.64 bits per heavy atom. The molecule has 4 aliphatic carbocycles. The molecule has 1 aromatic carbocycles. The van der Waals surface area contributed by atoms with E-state index >= 15 is 0 Å². The normalized spacial score (nSPS) is 34.5. The zero-order valence-corrected chi connectivity index (χ0v) is 16.2. The summed E-state index contributed by atoms with van der Waals surface area (Å²) in [5, 5.41) is 11.7. The molecule has 0 radical (unpaired) electrons. The third-order valence-corrected chi connectivity index (χ3v) is 7.20. The predicted molar refractivity (Wildman–Crippen MR) is 105 cm³/mol. The van der Waals surface area contributed by atoms with Crippen molar-refractivity contribution in [3.8, 4) is 0 Å². The van der Waals surface area contributed by atoms with Gasteiger partial charge in [-0.2, -0.15) is 0 Å². The number of hydrogen-bond donors (Lipinski definition) is 2. The van der Waals surface area contributed by atoms with Gasteiger partial charge in [-0.15, -0.1) is 0 Å². The Labute approximate surface area is 164 Å². The van der Waals surface area contributed by atoms with E-state index in [2.05, 4.69) is 4.98 Å². The topological polar surface area (TPSA) is 79.4 Å². The zero-order chi connectivity index (χ0) is 19.5. The number of nitrogens with one attached hydrogen (secondary N) is 1. The summed E-state index contributed by atoms with van der Waals surface area (Å²) < 4.78 is 5.57. The van der Waals surface area contributed by atoms with Gasteiger partial charge in [-0.05, 0) is 68.8 Å². The highest BCUT2D eigenvalue weighted by molar-refractivity contribution is 6.10. The first-order chi connectivity index (χ1) is 13.3. The van der Waals surface area contributed by atoms with Crippen molar-refractivity contribution in [2.75, 3.05) is 0 Å². The van der Waals surface area contributed by atoms with E-state index < -0.39 is 11.7 Å². The smallest absolute Gasteiger partial charge is 0.307 e. The van der Waals surface area contributed by atoms with Crippen LogP contribution in [-0.4, -0.2) is 33.5 Å². The van der Waals surface area contributed by atoms with Crippen LogP contribution in [0.3, 0.4) is 0 Å². The van der Waals surface area contributed by atoms with Crippen molar-refractivity contribution in [2.45, 2.75) is 63.6 Å². The highest BCUT2D eigenvalue weighted by Crippen LogP contribution is 2.62. The zero-order valence-electron chi connectivity index (χ0n) is 16.2. The average Bonchev–Trinajstić information content (AvgIpc) is 3.02. The largest absolute Gasteiger partial charge is 0.454 e. The van der Waals surface area contributed by atoms with Gasteiger partial charge >= 0.3 is 5.97 Å². The fraction of sp³-hybridized carbons (Fsp3) is 0.565. The van der Waals surface area contributed by atoms with Gasteiger partial charge in [0.2, 0.25) is 5.78 Å². The molecular weight excluding hydrogens is 354 g/mol. The monoisotopic (exact) mass is 381 g/mol. The molecule has 0 aliphatic heterocycles.